The van der Waals surface area contributed by atoms with E-state index in [0.29, 0.717) is 6.61 Å². The predicted octanol–water partition coefficient (Wildman–Crippen LogP) is 2.59. The van der Waals surface area contributed by atoms with Crippen molar-refractivity contribution in [2.24, 2.45) is 7.05 Å². The van der Waals surface area contributed by atoms with Crippen LogP contribution < -0.4 is 5.32 Å². The van der Waals surface area contributed by atoms with E-state index >= 15 is 0 Å². The van der Waals surface area contributed by atoms with Crippen LogP contribution in [0, 0.1) is 0 Å². The quantitative estimate of drug-likeness (QED) is 0.853. The second kappa shape index (κ2) is 7.43. The van der Waals surface area contributed by atoms with Crippen LogP contribution in [0.2, 0.25) is 5.02 Å². The van der Waals surface area contributed by atoms with Crippen molar-refractivity contribution in [3.05, 3.63) is 52.8 Å². The van der Waals surface area contributed by atoms with Crippen LogP contribution in [0.15, 0.2) is 36.5 Å². The minimum absolute atomic E-state index is 0.172. The molecule has 0 saturated carbocycles. The van der Waals surface area contributed by atoms with Crippen molar-refractivity contribution in [1.82, 2.24) is 15.1 Å². The highest BCUT2D eigenvalue weighted by Gasteiger charge is 2.10. The molecule has 1 heterocycles. The molecule has 0 aliphatic carbocycles. The molecule has 0 fully saturated rings. The lowest BCUT2D eigenvalue weighted by Gasteiger charge is -2.18. The molecule has 108 valence electrons. The second-order valence-corrected chi connectivity index (χ2v) is 5.15. The molecule has 0 unspecified atom stereocenters. The van der Waals surface area contributed by atoms with Crippen LogP contribution in [0.4, 0.5) is 0 Å². The first-order chi connectivity index (χ1) is 9.70. The Bertz CT molecular complexity index is 524. The lowest BCUT2D eigenvalue weighted by Crippen LogP contribution is -2.27. The molecule has 5 heteroatoms. The summed E-state index contributed by atoms with van der Waals surface area (Å²) in [4.78, 5) is 0. The number of nitrogens with zero attached hydrogens (tertiary/aromatic N) is 2. The minimum atomic E-state index is 0.172. The molecule has 1 atom stereocenters. The SMILES string of the molecule is COC[C@@H](NCCc1ccnn1C)c1ccc(Cl)cc1. The van der Waals surface area contributed by atoms with Crippen molar-refractivity contribution in [3.63, 3.8) is 0 Å². The molecule has 0 spiro atoms. The summed E-state index contributed by atoms with van der Waals surface area (Å²) < 4.78 is 7.19. The van der Waals surface area contributed by atoms with Gasteiger partial charge in [0.1, 0.15) is 0 Å². The first kappa shape index (κ1) is 15.0. The van der Waals surface area contributed by atoms with Crippen molar-refractivity contribution < 1.29 is 4.74 Å². The van der Waals surface area contributed by atoms with Gasteiger partial charge in [-0.15, -0.1) is 0 Å². The number of rotatable bonds is 7. The third-order valence-electron chi connectivity index (χ3n) is 3.30. The Hall–Kier alpha value is -1.36. The number of ether oxygens (including phenoxy) is 1. The zero-order valence-electron chi connectivity index (χ0n) is 11.8. The Morgan fingerprint density at radius 1 is 1.30 bits per heavy atom. The summed E-state index contributed by atoms with van der Waals surface area (Å²) in [6, 6.07) is 10.1. The molecule has 4 nitrogen and oxygen atoms in total. The molecular weight excluding hydrogens is 274 g/mol. The summed E-state index contributed by atoms with van der Waals surface area (Å²) in [6.45, 7) is 1.50. The van der Waals surface area contributed by atoms with Gasteiger partial charge in [-0.25, -0.2) is 0 Å². The zero-order chi connectivity index (χ0) is 14.4. The Kier molecular flexibility index (Phi) is 5.59. The van der Waals surface area contributed by atoms with Gasteiger partial charge in [-0.2, -0.15) is 5.10 Å². The van der Waals surface area contributed by atoms with Gasteiger partial charge in [0.05, 0.1) is 12.6 Å². The van der Waals surface area contributed by atoms with E-state index in [1.54, 1.807) is 7.11 Å². The highest BCUT2D eigenvalue weighted by atomic mass is 35.5. The van der Waals surface area contributed by atoms with Gasteiger partial charge in [0, 0.05) is 44.0 Å². The van der Waals surface area contributed by atoms with E-state index in [1.165, 1.54) is 11.3 Å². The molecule has 0 saturated heterocycles. The van der Waals surface area contributed by atoms with E-state index in [0.717, 1.165) is 18.0 Å². The van der Waals surface area contributed by atoms with Gasteiger partial charge in [0.25, 0.3) is 0 Å². The number of nitrogens with one attached hydrogen (secondary N) is 1. The van der Waals surface area contributed by atoms with Gasteiger partial charge < -0.3 is 10.1 Å². The number of benzene rings is 1. The lowest BCUT2D eigenvalue weighted by molar-refractivity contribution is 0.167. The van der Waals surface area contributed by atoms with Crippen molar-refractivity contribution in [3.8, 4) is 0 Å². The Morgan fingerprint density at radius 3 is 2.65 bits per heavy atom. The van der Waals surface area contributed by atoms with Gasteiger partial charge in [-0.1, -0.05) is 23.7 Å². The third-order valence-corrected chi connectivity index (χ3v) is 3.55. The number of methoxy groups -OCH3 is 1. The second-order valence-electron chi connectivity index (χ2n) is 4.71. The maximum Gasteiger partial charge on any atom is 0.0657 e. The normalized spacial score (nSPS) is 12.6. The first-order valence-electron chi connectivity index (χ1n) is 6.65. The highest BCUT2D eigenvalue weighted by molar-refractivity contribution is 6.30. The fourth-order valence-corrected chi connectivity index (χ4v) is 2.28. The van der Waals surface area contributed by atoms with Crippen molar-refractivity contribution >= 4 is 11.6 Å². The van der Waals surface area contributed by atoms with Gasteiger partial charge in [-0.3, -0.25) is 4.68 Å². The molecule has 2 aromatic rings. The van der Waals surface area contributed by atoms with Crippen LogP contribution in [0.5, 0.6) is 0 Å². The average molecular weight is 294 g/mol. The fraction of sp³-hybridized carbons (Fsp3) is 0.400. The molecule has 20 heavy (non-hydrogen) atoms. The first-order valence-corrected chi connectivity index (χ1v) is 7.03. The maximum atomic E-state index is 5.92. The third kappa shape index (κ3) is 4.07. The minimum Gasteiger partial charge on any atom is -0.383 e. The summed E-state index contributed by atoms with van der Waals surface area (Å²) >= 11 is 5.92. The number of aryl methyl sites for hydroxylation is 1. The van der Waals surface area contributed by atoms with Gasteiger partial charge in [-0.05, 0) is 23.8 Å². The van der Waals surface area contributed by atoms with E-state index in [2.05, 4.69) is 10.4 Å². The van der Waals surface area contributed by atoms with Crippen LogP contribution in [0.1, 0.15) is 17.3 Å². The number of halogens is 1. The molecule has 2 rings (SSSR count). The molecular formula is C15H20ClN3O. The number of hydrogen-bond acceptors (Lipinski definition) is 3. The average Bonchev–Trinajstić information content (AvgIpc) is 2.84. The molecule has 0 radical (unpaired) electrons. The number of hydrogen-bond donors (Lipinski definition) is 1. The summed E-state index contributed by atoms with van der Waals surface area (Å²) in [5, 5.41) is 8.43. The van der Waals surface area contributed by atoms with Crippen molar-refractivity contribution in [2.45, 2.75) is 12.5 Å². The zero-order valence-corrected chi connectivity index (χ0v) is 12.6. The standard InChI is InChI=1S/C15H20ClN3O/c1-19-14(8-10-18-19)7-9-17-15(11-20-2)12-3-5-13(16)6-4-12/h3-6,8,10,15,17H,7,9,11H2,1-2H3/t15-/m1/s1. The van der Waals surface area contributed by atoms with E-state index in [4.69, 9.17) is 16.3 Å². The van der Waals surface area contributed by atoms with Crippen molar-refractivity contribution in [1.29, 1.82) is 0 Å². The van der Waals surface area contributed by atoms with Gasteiger partial charge in [0.2, 0.25) is 0 Å². The van der Waals surface area contributed by atoms with E-state index in [1.807, 2.05) is 48.3 Å². The largest absolute Gasteiger partial charge is 0.383 e. The monoisotopic (exact) mass is 293 g/mol. The topological polar surface area (TPSA) is 39.1 Å². The van der Waals surface area contributed by atoms with Crippen molar-refractivity contribution in [2.75, 3.05) is 20.3 Å². The molecule has 0 bridgehead atoms. The molecule has 0 aliphatic rings. The van der Waals surface area contributed by atoms with E-state index < -0.39 is 0 Å². The van der Waals surface area contributed by atoms with Crippen LogP contribution >= 0.6 is 11.6 Å². The fourth-order valence-electron chi connectivity index (χ4n) is 2.16. The molecule has 1 N–H and O–H groups in total. The molecule has 0 amide bonds. The van der Waals surface area contributed by atoms with Crippen LogP contribution in [-0.2, 0) is 18.2 Å². The summed E-state index contributed by atoms with van der Waals surface area (Å²) in [5.74, 6) is 0. The smallest absolute Gasteiger partial charge is 0.0657 e. The molecule has 0 aliphatic heterocycles. The predicted molar refractivity (Wildman–Crippen MR) is 81.0 cm³/mol. The van der Waals surface area contributed by atoms with Gasteiger partial charge >= 0.3 is 0 Å². The van der Waals surface area contributed by atoms with E-state index in [9.17, 15) is 0 Å². The van der Waals surface area contributed by atoms with E-state index in [-0.39, 0.29) is 6.04 Å². The summed E-state index contributed by atoms with van der Waals surface area (Å²) in [7, 11) is 3.67. The Labute approximate surface area is 124 Å². The number of aromatic nitrogens is 2. The lowest BCUT2D eigenvalue weighted by atomic mass is 10.1. The summed E-state index contributed by atoms with van der Waals surface area (Å²) in [5.41, 5.74) is 2.39. The summed E-state index contributed by atoms with van der Waals surface area (Å²) in [6.07, 6.45) is 2.76. The Balaban J connectivity index is 1.92. The van der Waals surface area contributed by atoms with Gasteiger partial charge in [0.15, 0.2) is 0 Å². The van der Waals surface area contributed by atoms with Crippen LogP contribution in [-0.4, -0.2) is 30.0 Å². The maximum absolute atomic E-state index is 5.92. The van der Waals surface area contributed by atoms with Crippen LogP contribution in [0.3, 0.4) is 0 Å². The molecule has 1 aromatic heterocycles. The van der Waals surface area contributed by atoms with Crippen LogP contribution in [0.25, 0.3) is 0 Å². The highest BCUT2D eigenvalue weighted by Crippen LogP contribution is 2.17. The Morgan fingerprint density at radius 2 is 2.05 bits per heavy atom. The molecule has 1 aromatic carbocycles.